The van der Waals surface area contributed by atoms with E-state index in [9.17, 15) is 23.1 Å². The third-order valence-corrected chi connectivity index (χ3v) is 3.60. The van der Waals surface area contributed by atoms with Crippen molar-refractivity contribution in [1.29, 1.82) is 0 Å². The van der Waals surface area contributed by atoms with Crippen LogP contribution in [-0.4, -0.2) is 38.3 Å². The number of aromatic nitrogens is 3. The Morgan fingerprint density at radius 3 is 2.14 bits per heavy atom. The van der Waals surface area contributed by atoms with E-state index in [1.54, 1.807) is 24.3 Å². The van der Waals surface area contributed by atoms with Gasteiger partial charge in [-0.3, -0.25) is 0 Å². The number of nitrogens with zero attached hydrogens (tertiary/aromatic N) is 3. The van der Waals surface area contributed by atoms with Crippen LogP contribution in [0.3, 0.4) is 0 Å². The van der Waals surface area contributed by atoms with E-state index in [2.05, 4.69) is 14.8 Å². The highest BCUT2D eigenvalue weighted by atomic mass is 19.4. The normalized spacial score (nSPS) is 11.5. The standard InChI is InChI=1S/C19H16F3N3O4/c1-11(2)28-14-9-5-13(6-10-14)25-17(23-16(24-25)18(26)27)12-3-7-15(8-4-12)29-19(20,21)22/h3-11H,1-2H3,(H,26,27). The fourth-order valence-corrected chi connectivity index (χ4v) is 2.51. The number of benzene rings is 2. The molecule has 0 spiro atoms. The summed E-state index contributed by atoms with van der Waals surface area (Å²) in [6.45, 7) is 3.77. The van der Waals surface area contributed by atoms with Gasteiger partial charge in [0.1, 0.15) is 11.5 Å². The summed E-state index contributed by atoms with van der Waals surface area (Å²) in [5, 5.41) is 13.2. The van der Waals surface area contributed by atoms with Crippen LogP contribution in [-0.2, 0) is 0 Å². The summed E-state index contributed by atoms with van der Waals surface area (Å²) in [7, 11) is 0. The summed E-state index contributed by atoms with van der Waals surface area (Å²) < 4.78 is 47.7. The molecule has 1 aromatic heterocycles. The Balaban J connectivity index is 1.98. The third kappa shape index (κ3) is 5.03. The van der Waals surface area contributed by atoms with E-state index in [1.807, 2.05) is 13.8 Å². The molecule has 1 N–H and O–H groups in total. The number of ether oxygens (including phenoxy) is 2. The quantitative estimate of drug-likeness (QED) is 0.655. The molecule has 0 radical (unpaired) electrons. The number of carbonyl (C=O) groups is 1. The Morgan fingerprint density at radius 2 is 1.62 bits per heavy atom. The van der Waals surface area contributed by atoms with Crippen molar-refractivity contribution < 1.29 is 32.5 Å². The minimum absolute atomic E-state index is 0.0150. The second-order valence-electron chi connectivity index (χ2n) is 6.21. The van der Waals surface area contributed by atoms with Gasteiger partial charge in [-0.1, -0.05) is 0 Å². The Hall–Kier alpha value is -3.56. The zero-order valence-electron chi connectivity index (χ0n) is 15.3. The average molecular weight is 407 g/mol. The molecule has 0 amide bonds. The van der Waals surface area contributed by atoms with E-state index in [4.69, 9.17) is 4.74 Å². The molecule has 7 nitrogen and oxygen atoms in total. The summed E-state index contributed by atoms with van der Waals surface area (Å²) >= 11 is 0. The monoisotopic (exact) mass is 407 g/mol. The van der Waals surface area contributed by atoms with Gasteiger partial charge < -0.3 is 14.6 Å². The van der Waals surface area contributed by atoms with Crippen molar-refractivity contribution in [1.82, 2.24) is 14.8 Å². The molecule has 1 heterocycles. The second kappa shape index (κ2) is 7.82. The van der Waals surface area contributed by atoms with Crippen molar-refractivity contribution in [3.8, 4) is 28.6 Å². The Morgan fingerprint density at radius 1 is 1.03 bits per heavy atom. The number of alkyl halides is 3. The van der Waals surface area contributed by atoms with Gasteiger partial charge in [-0.25, -0.2) is 14.5 Å². The maximum Gasteiger partial charge on any atom is 0.573 e. The van der Waals surface area contributed by atoms with Crippen LogP contribution >= 0.6 is 0 Å². The average Bonchev–Trinajstić information content (AvgIpc) is 3.07. The third-order valence-electron chi connectivity index (χ3n) is 3.60. The fraction of sp³-hybridized carbons (Fsp3) is 0.211. The molecule has 10 heteroatoms. The van der Waals surface area contributed by atoms with Gasteiger partial charge in [0.05, 0.1) is 11.8 Å². The van der Waals surface area contributed by atoms with Crippen molar-refractivity contribution in [2.75, 3.05) is 0 Å². The van der Waals surface area contributed by atoms with Gasteiger partial charge in [-0.05, 0) is 62.4 Å². The molecular weight excluding hydrogens is 391 g/mol. The zero-order chi connectivity index (χ0) is 21.2. The molecule has 3 rings (SSSR count). The molecule has 0 unspecified atom stereocenters. The highest BCUT2D eigenvalue weighted by molar-refractivity contribution is 5.84. The fourth-order valence-electron chi connectivity index (χ4n) is 2.51. The number of carboxylic acids is 1. The molecule has 29 heavy (non-hydrogen) atoms. The maximum absolute atomic E-state index is 12.3. The van der Waals surface area contributed by atoms with Crippen molar-refractivity contribution in [3.63, 3.8) is 0 Å². The second-order valence-corrected chi connectivity index (χ2v) is 6.21. The number of rotatable bonds is 6. The number of halogens is 3. The van der Waals surface area contributed by atoms with Gasteiger partial charge >= 0.3 is 12.3 Å². The molecule has 3 aromatic rings. The lowest BCUT2D eigenvalue weighted by molar-refractivity contribution is -0.274. The zero-order valence-corrected chi connectivity index (χ0v) is 15.3. The van der Waals surface area contributed by atoms with E-state index in [-0.39, 0.29) is 11.9 Å². The first-order valence-electron chi connectivity index (χ1n) is 8.46. The lowest BCUT2D eigenvalue weighted by Crippen LogP contribution is -2.16. The lowest BCUT2D eigenvalue weighted by Gasteiger charge is -2.11. The number of hydrogen-bond acceptors (Lipinski definition) is 5. The summed E-state index contributed by atoms with van der Waals surface area (Å²) in [5.41, 5.74) is 0.869. The molecular formula is C19H16F3N3O4. The molecule has 0 saturated carbocycles. The summed E-state index contributed by atoms with van der Waals surface area (Å²) in [6.07, 6.45) is -4.82. The van der Waals surface area contributed by atoms with Crippen molar-refractivity contribution in [3.05, 3.63) is 54.4 Å². The highest BCUT2D eigenvalue weighted by Gasteiger charge is 2.31. The minimum Gasteiger partial charge on any atom is -0.491 e. The minimum atomic E-state index is -4.81. The number of carboxylic acid groups (broad SMARTS) is 1. The predicted octanol–water partition coefficient (Wildman–Crippen LogP) is 4.32. The Labute approximate surface area is 163 Å². The summed E-state index contributed by atoms with van der Waals surface area (Å²) in [5.74, 6) is -1.41. The lowest BCUT2D eigenvalue weighted by atomic mass is 10.2. The molecule has 0 saturated heterocycles. The first-order chi connectivity index (χ1) is 13.6. The first-order valence-corrected chi connectivity index (χ1v) is 8.46. The van der Waals surface area contributed by atoms with Crippen LogP contribution in [0.2, 0.25) is 0 Å². The van der Waals surface area contributed by atoms with Crippen LogP contribution in [0.1, 0.15) is 24.5 Å². The molecule has 152 valence electrons. The van der Waals surface area contributed by atoms with E-state index in [0.717, 1.165) is 12.1 Å². The van der Waals surface area contributed by atoms with Crippen LogP contribution in [0.5, 0.6) is 11.5 Å². The van der Waals surface area contributed by atoms with E-state index >= 15 is 0 Å². The van der Waals surface area contributed by atoms with Crippen molar-refractivity contribution >= 4 is 5.97 Å². The number of aromatic carboxylic acids is 1. The van der Waals surface area contributed by atoms with E-state index in [1.165, 1.54) is 16.8 Å². The van der Waals surface area contributed by atoms with Gasteiger partial charge in [-0.2, -0.15) is 0 Å². The Kier molecular flexibility index (Phi) is 5.44. The topological polar surface area (TPSA) is 86.5 Å². The van der Waals surface area contributed by atoms with Crippen LogP contribution in [0.4, 0.5) is 13.2 Å². The molecule has 0 aliphatic rings. The first kappa shape index (κ1) is 20.2. The highest BCUT2D eigenvalue weighted by Crippen LogP contribution is 2.27. The van der Waals surface area contributed by atoms with Crippen LogP contribution < -0.4 is 9.47 Å². The molecule has 0 atom stereocenters. The van der Waals surface area contributed by atoms with Gasteiger partial charge in [0.25, 0.3) is 5.82 Å². The summed E-state index contributed by atoms with van der Waals surface area (Å²) in [4.78, 5) is 15.3. The van der Waals surface area contributed by atoms with Crippen molar-refractivity contribution in [2.24, 2.45) is 0 Å². The van der Waals surface area contributed by atoms with E-state index < -0.39 is 23.9 Å². The largest absolute Gasteiger partial charge is 0.573 e. The predicted molar refractivity (Wildman–Crippen MR) is 96.2 cm³/mol. The van der Waals surface area contributed by atoms with Gasteiger partial charge in [-0.15, -0.1) is 18.3 Å². The van der Waals surface area contributed by atoms with Gasteiger partial charge in [0.2, 0.25) is 0 Å². The van der Waals surface area contributed by atoms with Crippen LogP contribution in [0.25, 0.3) is 17.1 Å². The Bertz CT molecular complexity index is 997. The van der Waals surface area contributed by atoms with E-state index in [0.29, 0.717) is 17.0 Å². The SMILES string of the molecule is CC(C)Oc1ccc(-n2nc(C(=O)O)nc2-c2ccc(OC(F)(F)F)cc2)cc1. The molecule has 2 aromatic carbocycles. The maximum atomic E-state index is 12.3. The van der Waals surface area contributed by atoms with Crippen molar-refractivity contribution in [2.45, 2.75) is 26.3 Å². The van der Waals surface area contributed by atoms with Crippen LogP contribution in [0, 0.1) is 0 Å². The van der Waals surface area contributed by atoms with Crippen LogP contribution in [0.15, 0.2) is 48.5 Å². The molecule has 0 fully saturated rings. The smallest absolute Gasteiger partial charge is 0.491 e. The van der Waals surface area contributed by atoms with Gasteiger partial charge in [0.15, 0.2) is 5.82 Å². The van der Waals surface area contributed by atoms with Gasteiger partial charge in [0, 0.05) is 5.56 Å². The summed E-state index contributed by atoms with van der Waals surface area (Å²) in [6, 6.07) is 11.6. The molecule has 0 aliphatic heterocycles. The number of hydrogen-bond donors (Lipinski definition) is 1. The molecule has 0 aliphatic carbocycles. The molecule has 0 bridgehead atoms.